The van der Waals surface area contributed by atoms with Crippen LogP contribution in [0.15, 0.2) is 59.5 Å². The molecule has 0 radical (unpaired) electrons. The molecule has 0 aromatic heterocycles. The van der Waals surface area contributed by atoms with Crippen LogP contribution in [0.1, 0.15) is 6.42 Å². The van der Waals surface area contributed by atoms with Crippen LogP contribution in [-0.4, -0.2) is 55.8 Å². The van der Waals surface area contributed by atoms with E-state index in [2.05, 4.69) is 39.4 Å². The number of carbonyl (C=O) groups is 1. The van der Waals surface area contributed by atoms with Gasteiger partial charge in [0, 0.05) is 43.3 Å². The van der Waals surface area contributed by atoms with E-state index in [-0.39, 0.29) is 11.7 Å². The SMILES string of the molecule is O=C(CSc1ccc(F)cc1)NCCCN1CCN(c2ccccc2)CC1. The Bertz CT molecular complexity index is 703. The van der Waals surface area contributed by atoms with Crippen LogP contribution < -0.4 is 10.2 Å². The number of carbonyl (C=O) groups excluding carboxylic acids is 1. The molecule has 27 heavy (non-hydrogen) atoms. The van der Waals surface area contributed by atoms with Crippen LogP contribution in [0, 0.1) is 5.82 Å². The van der Waals surface area contributed by atoms with Gasteiger partial charge in [-0.15, -0.1) is 11.8 Å². The minimum atomic E-state index is -0.256. The third-order valence-corrected chi connectivity index (χ3v) is 5.66. The van der Waals surface area contributed by atoms with Crippen molar-refractivity contribution < 1.29 is 9.18 Å². The van der Waals surface area contributed by atoms with Gasteiger partial charge in [-0.25, -0.2) is 4.39 Å². The predicted molar refractivity (Wildman–Crippen MR) is 110 cm³/mol. The number of thioether (sulfide) groups is 1. The summed E-state index contributed by atoms with van der Waals surface area (Å²) in [5.41, 5.74) is 1.29. The molecule has 4 nitrogen and oxygen atoms in total. The second-order valence-electron chi connectivity index (χ2n) is 6.61. The Balaban J connectivity index is 1.26. The normalized spacial score (nSPS) is 14.9. The first kappa shape index (κ1) is 19.7. The van der Waals surface area contributed by atoms with E-state index in [0.29, 0.717) is 12.3 Å². The quantitative estimate of drug-likeness (QED) is 0.557. The number of hydrogen-bond donors (Lipinski definition) is 1. The van der Waals surface area contributed by atoms with Gasteiger partial charge < -0.3 is 10.2 Å². The maximum Gasteiger partial charge on any atom is 0.230 e. The first-order valence-corrected chi connectivity index (χ1v) is 10.4. The minimum absolute atomic E-state index is 0.0261. The Hall–Kier alpha value is -2.05. The second-order valence-corrected chi connectivity index (χ2v) is 7.66. The van der Waals surface area contributed by atoms with Crippen molar-refractivity contribution in [3.05, 3.63) is 60.4 Å². The number of anilines is 1. The molecule has 0 spiro atoms. The number of halogens is 1. The largest absolute Gasteiger partial charge is 0.369 e. The van der Waals surface area contributed by atoms with E-state index in [1.807, 2.05) is 6.07 Å². The van der Waals surface area contributed by atoms with Gasteiger partial charge in [-0.2, -0.15) is 0 Å². The van der Waals surface area contributed by atoms with Gasteiger partial charge in [0.05, 0.1) is 5.75 Å². The molecule has 0 saturated carbocycles. The Morgan fingerprint density at radius 3 is 2.41 bits per heavy atom. The number of hydrogen-bond acceptors (Lipinski definition) is 4. The number of amides is 1. The predicted octanol–water partition coefficient (Wildman–Crippen LogP) is 3.25. The summed E-state index contributed by atoms with van der Waals surface area (Å²) in [5.74, 6) is 0.133. The van der Waals surface area contributed by atoms with Crippen molar-refractivity contribution in [1.82, 2.24) is 10.2 Å². The van der Waals surface area contributed by atoms with E-state index >= 15 is 0 Å². The summed E-state index contributed by atoms with van der Waals surface area (Å²) >= 11 is 1.43. The molecule has 0 bridgehead atoms. The molecular weight excluding hydrogens is 361 g/mol. The molecular formula is C21H26FN3OS. The number of nitrogens with zero attached hydrogens (tertiary/aromatic N) is 2. The lowest BCUT2D eigenvalue weighted by Gasteiger charge is -2.36. The topological polar surface area (TPSA) is 35.6 Å². The number of rotatable bonds is 8. The van der Waals surface area contributed by atoms with Crippen LogP contribution in [-0.2, 0) is 4.79 Å². The summed E-state index contributed by atoms with van der Waals surface area (Å²) < 4.78 is 12.9. The zero-order chi connectivity index (χ0) is 18.9. The highest BCUT2D eigenvalue weighted by atomic mass is 32.2. The first-order valence-electron chi connectivity index (χ1n) is 9.38. The van der Waals surface area contributed by atoms with Gasteiger partial charge >= 0.3 is 0 Å². The highest BCUT2D eigenvalue weighted by molar-refractivity contribution is 8.00. The lowest BCUT2D eigenvalue weighted by atomic mass is 10.2. The van der Waals surface area contributed by atoms with Gasteiger partial charge in [0.2, 0.25) is 5.91 Å². The van der Waals surface area contributed by atoms with Crippen LogP contribution in [0.3, 0.4) is 0 Å². The monoisotopic (exact) mass is 387 g/mol. The molecule has 1 aliphatic heterocycles. The molecule has 1 heterocycles. The van der Waals surface area contributed by atoms with Gasteiger partial charge in [0.15, 0.2) is 0 Å². The van der Waals surface area contributed by atoms with Gasteiger partial charge in [-0.1, -0.05) is 18.2 Å². The molecule has 0 atom stereocenters. The van der Waals surface area contributed by atoms with E-state index in [1.54, 1.807) is 12.1 Å². The van der Waals surface area contributed by atoms with Crippen molar-refractivity contribution in [2.24, 2.45) is 0 Å². The van der Waals surface area contributed by atoms with Crippen molar-refractivity contribution in [2.75, 3.05) is 49.9 Å². The zero-order valence-electron chi connectivity index (χ0n) is 15.4. The molecule has 1 saturated heterocycles. The molecule has 1 aliphatic rings. The first-order chi connectivity index (χ1) is 13.2. The lowest BCUT2D eigenvalue weighted by Crippen LogP contribution is -2.47. The number of piperazine rings is 1. The Morgan fingerprint density at radius 2 is 1.70 bits per heavy atom. The molecule has 2 aromatic rings. The standard InChI is InChI=1S/C21H26FN3OS/c22-18-7-9-20(10-8-18)27-17-21(26)23-11-4-12-24-13-15-25(16-14-24)19-5-2-1-3-6-19/h1-3,5-10H,4,11-17H2,(H,23,26). The molecule has 3 rings (SSSR count). The number of para-hydroxylation sites is 1. The molecule has 2 aromatic carbocycles. The second kappa shape index (κ2) is 10.3. The smallest absolute Gasteiger partial charge is 0.230 e. The third kappa shape index (κ3) is 6.56. The molecule has 144 valence electrons. The molecule has 0 unspecified atom stereocenters. The Kier molecular flexibility index (Phi) is 7.54. The summed E-state index contributed by atoms with van der Waals surface area (Å²) in [6, 6.07) is 16.8. The van der Waals surface area contributed by atoms with Crippen LogP contribution in [0.5, 0.6) is 0 Å². The number of benzene rings is 2. The molecule has 1 amide bonds. The summed E-state index contributed by atoms with van der Waals surface area (Å²) in [6.07, 6.45) is 0.957. The number of nitrogens with one attached hydrogen (secondary N) is 1. The van der Waals surface area contributed by atoms with E-state index < -0.39 is 0 Å². The van der Waals surface area contributed by atoms with Crippen molar-refractivity contribution >= 4 is 23.4 Å². The van der Waals surface area contributed by atoms with Crippen molar-refractivity contribution in [2.45, 2.75) is 11.3 Å². The fourth-order valence-electron chi connectivity index (χ4n) is 3.13. The molecule has 1 fully saturated rings. The average molecular weight is 388 g/mol. The van der Waals surface area contributed by atoms with E-state index in [1.165, 1.54) is 29.6 Å². The highest BCUT2D eigenvalue weighted by Crippen LogP contribution is 2.17. The summed E-state index contributed by atoms with van der Waals surface area (Å²) in [7, 11) is 0. The lowest BCUT2D eigenvalue weighted by molar-refractivity contribution is -0.118. The van der Waals surface area contributed by atoms with E-state index in [9.17, 15) is 9.18 Å². The Labute approximate surface area is 164 Å². The Morgan fingerprint density at radius 1 is 1.00 bits per heavy atom. The molecule has 0 aliphatic carbocycles. The van der Waals surface area contributed by atoms with Gasteiger partial charge in [0.25, 0.3) is 0 Å². The summed E-state index contributed by atoms with van der Waals surface area (Å²) in [5, 5.41) is 2.97. The molecule has 6 heteroatoms. The minimum Gasteiger partial charge on any atom is -0.369 e. The fraction of sp³-hybridized carbons (Fsp3) is 0.381. The van der Waals surface area contributed by atoms with Gasteiger partial charge in [-0.3, -0.25) is 9.69 Å². The van der Waals surface area contributed by atoms with Crippen molar-refractivity contribution in [1.29, 1.82) is 0 Å². The van der Waals surface area contributed by atoms with Crippen molar-refractivity contribution in [3.8, 4) is 0 Å². The van der Waals surface area contributed by atoms with Crippen LogP contribution >= 0.6 is 11.8 Å². The third-order valence-electron chi connectivity index (χ3n) is 4.65. The van der Waals surface area contributed by atoms with Gasteiger partial charge in [-0.05, 0) is 49.4 Å². The van der Waals surface area contributed by atoms with Crippen LogP contribution in [0.2, 0.25) is 0 Å². The highest BCUT2D eigenvalue weighted by Gasteiger charge is 2.16. The molecule has 1 N–H and O–H groups in total. The summed E-state index contributed by atoms with van der Waals surface area (Å²) in [4.78, 5) is 17.7. The van der Waals surface area contributed by atoms with Crippen LogP contribution in [0.25, 0.3) is 0 Å². The van der Waals surface area contributed by atoms with E-state index in [0.717, 1.165) is 44.0 Å². The maximum absolute atomic E-state index is 12.9. The van der Waals surface area contributed by atoms with E-state index in [4.69, 9.17) is 0 Å². The average Bonchev–Trinajstić information content (AvgIpc) is 2.72. The van der Waals surface area contributed by atoms with Gasteiger partial charge in [0.1, 0.15) is 5.82 Å². The maximum atomic E-state index is 12.9. The summed E-state index contributed by atoms with van der Waals surface area (Å²) in [6.45, 7) is 5.91. The van der Waals surface area contributed by atoms with Crippen LogP contribution in [0.4, 0.5) is 10.1 Å². The fourth-order valence-corrected chi connectivity index (χ4v) is 3.86. The van der Waals surface area contributed by atoms with Crippen molar-refractivity contribution in [3.63, 3.8) is 0 Å². The zero-order valence-corrected chi connectivity index (χ0v) is 16.3.